The molecule has 0 unspecified atom stereocenters. The molecule has 1 aromatic rings. The van der Waals surface area contributed by atoms with Crippen LogP contribution in [0.15, 0.2) is 22.7 Å². The van der Waals surface area contributed by atoms with E-state index in [0.717, 1.165) is 4.47 Å². The molecule has 6 heteroatoms. The molecule has 0 heterocycles. The number of benzene rings is 1. The van der Waals surface area contributed by atoms with Crippen molar-refractivity contribution >= 4 is 32.1 Å². The van der Waals surface area contributed by atoms with Crippen LogP contribution in [0, 0.1) is 0 Å². The first-order valence-corrected chi connectivity index (χ1v) is 7.68. The van der Waals surface area contributed by atoms with Gasteiger partial charge in [0.15, 0.2) is 16.1 Å². The zero-order valence-electron chi connectivity index (χ0n) is 9.35. The maximum Gasteiger partial charge on any atom is 0.153 e. The van der Waals surface area contributed by atoms with Crippen LogP contribution in [0.1, 0.15) is 17.3 Å². The van der Waals surface area contributed by atoms with Crippen molar-refractivity contribution in [3.63, 3.8) is 0 Å². The highest BCUT2D eigenvalue weighted by Gasteiger charge is 2.09. The van der Waals surface area contributed by atoms with Crippen LogP contribution in [-0.4, -0.2) is 32.8 Å². The Hall–Kier alpha value is -0.880. The van der Waals surface area contributed by atoms with Crippen LogP contribution < -0.4 is 4.74 Å². The number of rotatable bonds is 6. The quantitative estimate of drug-likeness (QED) is 0.753. The Morgan fingerprint density at radius 1 is 1.41 bits per heavy atom. The highest BCUT2D eigenvalue weighted by molar-refractivity contribution is 9.10. The summed E-state index contributed by atoms with van der Waals surface area (Å²) in [6.45, 7) is 1.64. The van der Waals surface area contributed by atoms with E-state index in [1.165, 1.54) is 0 Å². The molecule has 0 radical (unpaired) electrons. The van der Waals surface area contributed by atoms with Gasteiger partial charge in [0.1, 0.15) is 12.4 Å². The van der Waals surface area contributed by atoms with Crippen LogP contribution in [0.2, 0.25) is 0 Å². The SMILES string of the molecule is CCS(=O)(=O)CCOc1ccc(Br)cc1C=O. The van der Waals surface area contributed by atoms with E-state index in [9.17, 15) is 13.2 Å². The molecule has 0 amide bonds. The minimum Gasteiger partial charge on any atom is -0.492 e. The lowest BCUT2D eigenvalue weighted by Gasteiger charge is -2.08. The van der Waals surface area contributed by atoms with E-state index in [1.54, 1.807) is 25.1 Å². The first kappa shape index (κ1) is 14.2. The Balaban J connectivity index is 2.67. The summed E-state index contributed by atoms with van der Waals surface area (Å²) in [5.41, 5.74) is 0.397. The standard InChI is InChI=1S/C11H13BrO4S/c1-2-17(14,15)6-5-16-11-4-3-10(12)7-9(11)8-13/h3-4,7-8H,2,5-6H2,1H3. The molecule has 4 nitrogen and oxygen atoms in total. The highest BCUT2D eigenvalue weighted by Crippen LogP contribution is 2.21. The van der Waals surface area contributed by atoms with Crippen molar-refractivity contribution in [3.8, 4) is 5.75 Å². The molecule has 94 valence electrons. The summed E-state index contributed by atoms with van der Waals surface area (Å²) < 4.78 is 28.5. The molecule has 0 aromatic heterocycles. The van der Waals surface area contributed by atoms with Crippen LogP contribution in [0.25, 0.3) is 0 Å². The number of aldehydes is 1. The Kier molecular flexibility index (Phi) is 5.14. The fourth-order valence-corrected chi connectivity index (χ4v) is 2.17. The van der Waals surface area contributed by atoms with Gasteiger partial charge in [-0.15, -0.1) is 0 Å². The van der Waals surface area contributed by atoms with Crippen molar-refractivity contribution in [1.82, 2.24) is 0 Å². The maximum atomic E-state index is 11.2. The minimum atomic E-state index is -3.04. The molecule has 0 aliphatic rings. The molecule has 1 aromatic carbocycles. The summed E-state index contributed by atoms with van der Waals surface area (Å²) in [6, 6.07) is 4.99. The number of hydrogen-bond donors (Lipinski definition) is 0. The highest BCUT2D eigenvalue weighted by atomic mass is 79.9. The van der Waals surface area contributed by atoms with Gasteiger partial charge in [-0.05, 0) is 18.2 Å². The molecular formula is C11H13BrO4S. The maximum absolute atomic E-state index is 11.2. The Bertz CT molecular complexity index is 496. The lowest BCUT2D eigenvalue weighted by Crippen LogP contribution is -2.16. The van der Waals surface area contributed by atoms with Crippen LogP contribution >= 0.6 is 15.9 Å². The van der Waals surface area contributed by atoms with E-state index in [-0.39, 0.29) is 18.1 Å². The second kappa shape index (κ2) is 6.16. The van der Waals surface area contributed by atoms with Gasteiger partial charge >= 0.3 is 0 Å². The summed E-state index contributed by atoms with van der Waals surface area (Å²) in [5, 5.41) is 0. The van der Waals surface area contributed by atoms with Gasteiger partial charge in [0.05, 0.1) is 11.3 Å². The molecule has 0 bridgehead atoms. The third-order valence-electron chi connectivity index (χ3n) is 2.19. The number of carbonyl (C=O) groups excluding carboxylic acids is 1. The van der Waals surface area contributed by atoms with E-state index in [1.807, 2.05) is 0 Å². The first-order valence-electron chi connectivity index (χ1n) is 5.06. The summed E-state index contributed by atoms with van der Waals surface area (Å²) >= 11 is 3.24. The van der Waals surface area contributed by atoms with E-state index in [2.05, 4.69) is 15.9 Å². The van der Waals surface area contributed by atoms with Gasteiger partial charge in [-0.25, -0.2) is 8.42 Å². The van der Waals surface area contributed by atoms with Crippen LogP contribution in [0.4, 0.5) is 0 Å². The van der Waals surface area contributed by atoms with Crippen molar-refractivity contribution in [2.75, 3.05) is 18.1 Å². The molecule has 0 spiro atoms. The molecule has 0 atom stereocenters. The smallest absolute Gasteiger partial charge is 0.153 e. The van der Waals surface area contributed by atoms with Gasteiger partial charge < -0.3 is 4.74 Å². The molecule has 1 rings (SSSR count). The monoisotopic (exact) mass is 320 g/mol. The third kappa shape index (κ3) is 4.47. The van der Waals surface area contributed by atoms with Gasteiger partial charge in [0.2, 0.25) is 0 Å². The third-order valence-corrected chi connectivity index (χ3v) is 4.35. The lowest BCUT2D eigenvalue weighted by molar-refractivity contribution is 0.112. The number of carbonyl (C=O) groups is 1. The van der Waals surface area contributed by atoms with Crippen molar-refractivity contribution < 1.29 is 17.9 Å². The predicted molar refractivity (Wildman–Crippen MR) is 69.4 cm³/mol. The Labute approximate surface area is 109 Å². The van der Waals surface area contributed by atoms with Gasteiger partial charge in [0, 0.05) is 10.2 Å². The van der Waals surface area contributed by atoms with Gasteiger partial charge in [-0.1, -0.05) is 22.9 Å². The number of hydrogen-bond acceptors (Lipinski definition) is 4. The van der Waals surface area contributed by atoms with Crippen LogP contribution in [0.3, 0.4) is 0 Å². The zero-order valence-corrected chi connectivity index (χ0v) is 11.8. The van der Waals surface area contributed by atoms with Crippen molar-refractivity contribution in [3.05, 3.63) is 28.2 Å². The van der Waals surface area contributed by atoms with E-state index >= 15 is 0 Å². The topological polar surface area (TPSA) is 60.4 Å². The van der Waals surface area contributed by atoms with E-state index in [4.69, 9.17) is 4.74 Å². The Morgan fingerprint density at radius 3 is 2.71 bits per heavy atom. The number of ether oxygens (including phenoxy) is 1. The summed E-state index contributed by atoms with van der Waals surface area (Å²) in [4.78, 5) is 10.8. The second-order valence-corrected chi connectivity index (χ2v) is 6.77. The normalized spacial score (nSPS) is 11.2. The second-order valence-electron chi connectivity index (χ2n) is 3.38. The molecule has 17 heavy (non-hydrogen) atoms. The van der Waals surface area contributed by atoms with Crippen molar-refractivity contribution in [2.45, 2.75) is 6.92 Å². The molecule has 0 fully saturated rings. The molecule has 0 aliphatic heterocycles. The van der Waals surface area contributed by atoms with E-state index < -0.39 is 9.84 Å². The van der Waals surface area contributed by atoms with Crippen molar-refractivity contribution in [2.24, 2.45) is 0 Å². The lowest BCUT2D eigenvalue weighted by atomic mass is 10.2. The average Bonchev–Trinajstić information content (AvgIpc) is 2.30. The van der Waals surface area contributed by atoms with Gasteiger partial charge in [-0.3, -0.25) is 4.79 Å². The van der Waals surface area contributed by atoms with Crippen molar-refractivity contribution in [1.29, 1.82) is 0 Å². The number of sulfone groups is 1. The summed E-state index contributed by atoms with van der Waals surface area (Å²) in [5.74, 6) is 0.448. The van der Waals surface area contributed by atoms with Crippen LogP contribution in [-0.2, 0) is 9.84 Å². The Morgan fingerprint density at radius 2 is 2.12 bits per heavy atom. The molecule has 0 saturated carbocycles. The van der Waals surface area contributed by atoms with Crippen LogP contribution in [0.5, 0.6) is 5.75 Å². The summed E-state index contributed by atoms with van der Waals surface area (Å²) in [7, 11) is -3.04. The summed E-state index contributed by atoms with van der Waals surface area (Å²) in [6.07, 6.45) is 0.675. The fraction of sp³-hybridized carbons (Fsp3) is 0.364. The predicted octanol–water partition coefficient (Wildman–Crippen LogP) is 2.08. The first-order chi connectivity index (χ1) is 7.98. The van der Waals surface area contributed by atoms with Gasteiger partial charge in [0.25, 0.3) is 0 Å². The molecular weight excluding hydrogens is 308 g/mol. The molecule has 0 N–H and O–H groups in total. The fourth-order valence-electron chi connectivity index (χ4n) is 1.17. The number of halogens is 1. The zero-order chi connectivity index (χ0) is 12.9. The molecule has 0 saturated heterocycles. The minimum absolute atomic E-state index is 0.0438. The van der Waals surface area contributed by atoms with E-state index in [0.29, 0.717) is 17.6 Å². The molecule has 0 aliphatic carbocycles. The average molecular weight is 321 g/mol. The van der Waals surface area contributed by atoms with Gasteiger partial charge in [-0.2, -0.15) is 0 Å². The largest absolute Gasteiger partial charge is 0.492 e.